The number of ether oxygens (including phenoxy) is 5. The lowest BCUT2D eigenvalue weighted by molar-refractivity contribution is -0.148. The van der Waals surface area contributed by atoms with Crippen LogP contribution in [0, 0.1) is 28.6 Å². The van der Waals surface area contributed by atoms with Crippen molar-refractivity contribution in [1.29, 1.82) is 0 Å². The van der Waals surface area contributed by atoms with Crippen LogP contribution in [0.2, 0.25) is 0 Å². The quantitative estimate of drug-likeness (QED) is 0.258. The van der Waals surface area contributed by atoms with E-state index in [9.17, 15) is 9.59 Å². The molecule has 6 aliphatic rings. The maximum absolute atomic E-state index is 12.4. The molecule has 8 atom stereocenters. The molecule has 0 radical (unpaired) electrons. The van der Waals surface area contributed by atoms with E-state index in [0.717, 1.165) is 73.5 Å². The van der Waals surface area contributed by atoms with E-state index in [2.05, 4.69) is 26.0 Å². The average molecular weight is 615 g/mol. The number of esters is 1. The Morgan fingerprint density at radius 3 is 2.31 bits per heavy atom. The number of hydrogen-bond donors (Lipinski definition) is 0. The van der Waals surface area contributed by atoms with Crippen molar-refractivity contribution in [2.45, 2.75) is 90.3 Å². The minimum Gasteiger partial charge on any atom is -0.497 e. The van der Waals surface area contributed by atoms with Crippen LogP contribution in [0.4, 0.5) is 0 Å². The first-order valence-corrected chi connectivity index (χ1v) is 16.7. The van der Waals surface area contributed by atoms with Gasteiger partial charge in [0.1, 0.15) is 41.0 Å². The minimum absolute atomic E-state index is 0.00163. The molecule has 0 amide bonds. The van der Waals surface area contributed by atoms with Crippen LogP contribution in [0.5, 0.6) is 23.0 Å². The number of ketones is 1. The molecule has 8 rings (SSSR count). The Morgan fingerprint density at radius 1 is 0.889 bits per heavy atom. The van der Waals surface area contributed by atoms with Crippen LogP contribution in [0.3, 0.4) is 0 Å². The van der Waals surface area contributed by atoms with E-state index in [4.69, 9.17) is 23.7 Å². The fourth-order valence-electron chi connectivity index (χ4n) is 9.80. The van der Waals surface area contributed by atoms with Gasteiger partial charge in [0.15, 0.2) is 0 Å². The van der Waals surface area contributed by atoms with Gasteiger partial charge in [0.05, 0.1) is 26.7 Å². The number of benzene rings is 2. The summed E-state index contributed by atoms with van der Waals surface area (Å²) in [5.74, 6) is 5.89. The molecule has 3 fully saturated rings. The van der Waals surface area contributed by atoms with Crippen LogP contribution in [-0.2, 0) is 14.3 Å². The Balaban J connectivity index is 0.000000146. The zero-order valence-electron chi connectivity index (χ0n) is 27.2. The molecule has 0 saturated heterocycles. The van der Waals surface area contributed by atoms with Gasteiger partial charge in [-0.05, 0) is 79.9 Å². The van der Waals surface area contributed by atoms with E-state index in [0.29, 0.717) is 30.1 Å². The molecular formula is C38H46O7. The Kier molecular flexibility index (Phi) is 7.65. The SMILES string of the molecule is CC(=O)OC1CCC2(C)C(=CCC3C4CCC(=O)C4(C)CCC32)C1.COc1ccc2c(c1)OC1c3ccc(OC)cc3OCC21. The normalized spacial score (nSPS) is 35.2. The van der Waals surface area contributed by atoms with Gasteiger partial charge in [0.2, 0.25) is 0 Å². The lowest BCUT2D eigenvalue weighted by Crippen LogP contribution is -2.50. The summed E-state index contributed by atoms with van der Waals surface area (Å²) < 4.78 is 28.1. The zero-order chi connectivity index (χ0) is 31.5. The van der Waals surface area contributed by atoms with Gasteiger partial charge in [0, 0.05) is 48.4 Å². The van der Waals surface area contributed by atoms with Crippen LogP contribution < -0.4 is 18.9 Å². The molecular weight excluding hydrogens is 568 g/mol. The van der Waals surface area contributed by atoms with E-state index >= 15 is 0 Å². The molecule has 240 valence electrons. The minimum atomic E-state index is -0.157. The van der Waals surface area contributed by atoms with Gasteiger partial charge in [-0.1, -0.05) is 31.6 Å². The second kappa shape index (κ2) is 11.4. The summed E-state index contributed by atoms with van der Waals surface area (Å²) in [6.07, 6.45) is 10.8. The molecule has 2 heterocycles. The molecule has 7 heteroatoms. The molecule has 0 aromatic heterocycles. The summed E-state index contributed by atoms with van der Waals surface area (Å²) in [6.45, 7) is 6.81. The highest BCUT2D eigenvalue weighted by atomic mass is 16.5. The van der Waals surface area contributed by atoms with Crippen LogP contribution in [0.1, 0.15) is 95.3 Å². The number of hydrogen-bond acceptors (Lipinski definition) is 7. The maximum Gasteiger partial charge on any atom is 0.302 e. The summed E-state index contributed by atoms with van der Waals surface area (Å²) in [5.41, 5.74) is 3.99. The molecule has 3 saturated carbocycles. The molecule has 8 unspecified atom stereocenters. The largest absolute Gasteiger partial charge is 0.497 e. The molecule has 0 spiro atoms. The molecule has 0 bridgehead atoms. The Morgan fingerprint density at radius 2 is 1.58 bits per heavy atom. The van der Waals surface area contributed by atoms with Gasteiger partial charge in [0.25, 0.3) is 0 Å². The third-order valence-corrected chi connectivity index (χ3v) is 12.3. The molecule has 45 heavy (non-hydrogen) atoms. The number of carbonyl (C=O) groups is 2. The lowest BCUT2D eigenvalue weighted by Gasteiger charge is -2.56. The number of methoxy groups -OCH3 is 2. The van der Waals surface area contributed by atoms with Crippen molar-refractivity contribution in [2.75, 3.05) is 20.8 Å². The smallest absolute Gasteiger partial charge is 0.302 e. The van der Waals surface area contributed by atoms with Crippen molar-refractivity contribution in [2.24, 2.45) is 28.6 Å². The van der Waals surface area contributed by atoms with E-state index in [1.54, 1.807) is 14.2 Å². The highest BCUT2D eigenvalue weighted by Gasteiger charge is 2.58. The Labute approximate surface area is 266 Å². The zero-order valence-corrected chi connectivity index (χ0v) is 27.2. The fraction of sp³-hybridized carbons (Fsp3) is 0.579. The average Bonchev–Trinajstić information content (AvgIpc) is 3.57. The van der Waals surface area contributed by atoms with Gasteiger partial charge in [-0.15, -0.1) is 0 Å². The summed E-state index contributed by atoms with van der Waals surface area (Å²) in [7, 11) is 3.32. The second-order valence-corrected chi connectivity index (χ2v) is 14.4. The van der Waals surface area contributed by atoms with Crippen molar-refractivity contribution in [1.82, 2.24) is 0 Å². The maximum atomic E-state index is 12.4. The van der Waals surface area contributed by atoms with E-state index in [1.165, 1.54) is 24.5 Å². The summed E-state index contributed by atoms with van der Waals surface area (Å²) in [5, 5.41) is 0. The topological polar surface area (TPSA) is 80.3 Å². The Hall–Kier alpha value is -3.48. The van der Waals surface area contributed by atoms with Crippen molar-refractivity contribution < 1.29 is 33.3 Å². The first-order valence-electron chi connectivity index (χ1n) is 16.7. The van der Waals surface area contributed by atoms with Crippen LogP contribution in [-0.4, -0.2) is 38.7 Å². The van der Waals surface area contributed by atoms with Crippen LogP contribution in [0.15, 0.2) is 48.0 Å². The highest BCUT2D eigenvalue weighted by Crippen LogP contribution is 2.64. The first-order chi connectivity index (χ1) is 21.6. The number of fused-ring (bicyclic) bond motifs is 10. The molecule has 2 aliphatic heterocycles. The van der Waals surface area contributed by atoms with Crippen LogP contribution in [0.25, 0.3) is 0 Å². The van der Waals surface area contributed by atoms with Crippen molar-refractivity contribution >= 4 is 11.8 Å². The highest BCUT2D eigenvalue weighted by molar-refractivity contribution is 5.87. The van der Waals surface area contributed by atoms with Gasteiger partial charge in [-0.3, -0.25) is 9.59 Å². The standard InChI is InChI=1S/C21H30O3.C17H16O4/c1-13(22)24-15-8-10-20(2)14(12-15)4-5-16-17-6-7-19(23)21(17,3)11-9-18(16)20;1-18-10-4-6-13-15(7-10)20-9-14-12-5-3-11(19-2)8-16(12)21-17(13)14/h4,15-18H,5-12H2,1-3H3;3-8,14,17H,9H2,1-2H3. The number of Topliss-reactive ketones (excluding diaryl/α,β-unsaturated/α-hetero) is 1. The van der Waals surface area contributed by atoms with Gasteiger partial charge >= 0.3 is 5.97 Å². The van der Waals surface area contributed by atoms with Crippen LogP contribution >= 0.6 is 0 Å². The molecule has 2 aromatic rings. The lowest BCUT2D eigenvalue weighted by atomic mass is 9.48. The first kappa shape index (κ1) is 30.2. The molecule has 7 nitrogen and oxygen atoms in total. The predicted molar refractivity (Wildman–Crippen MR) is 170 cm³/mol. The van der Waals surface area contributed by atoms with Gasteiger partial charge in [-0.2, -0.15) is 0 Å². The molecule has 0 N–H and O–H groups in total. The third-order valence-electron chi connectivity index (χ3n) is 12.3. The number of rotatable bonds is 3. The van der Waals surface area contributed by atoms with Crippen molar-refractivity contribution in [3.63, 3.8) is 0 Å². The molecule has 4 aliphatic carbocycles. The van der Waals surface area contributed by atoms with Gasteiger partial charge in [-0.25, -0.2) is 0 Å². The third kappa shape index (κ3) is 5.01. The second-order valence-electron chi connectivity index (χ2n) is 14.4. The fourth-order valence-corrected chi connectivity index (χ4v) is 9.80. The summed E-state index contributed by atoms with van der Waals surface area (Å²) in [6, 6.07) is 11.9. The number of allylic oxidation sites excluding steroid dienone is 1. The summed E-state index contributed by atoms with van der Waals surface area (Å²) in [4.78, 5) is 23.7. The van der Waals surface area contributed by atoms with E-state index in [-0.39, 0.29) is 34.9 Å². The van der Waals surface area contributed by atoms with Gasteiger partial charge < -0.3 is 23.7 Å². The monoisotopic (exact) mass is 614 g/mol. The van der Waals surface area contributed by atoms with Crippen molar-refractivity contribution in [3.8, 4) is 23.0 Å². The summed E-state index contributed by atoms with van der Waals surface area (Å²) >= 11 is 0. The predicted octanol–water partition coefficient (Wildman–Crippen LogP) is 7.76. The van der Waals surface area contributed by atoms with Crippen molar-refractivity contribution in [3.05, 3.63) is 59.2 Å². The van der Waals surface area contributed by atoms with E-state index < -0.39 is 0 Å². The van der Waals surface area contributed by atoms with E-state index in [1.807, 2.05) is 30.3 Å². The molecule has 2 aromatic carbocycles. The number of carbonyl (C=O) groups excluding carboxylic acids is 2. The Bertz CT molecular complexity index is 1530.